The van der Waals surface area contributed by atoms with E-state index < -0.39 is 30.2 Å². The number of hydrogen-bond acceptors (Lipinski definition) is 2. The van der Waals surface area contributed by atoms with Gasteiger partial charge < -0.3 is 15.7 Å². The maximum atomic E-state index is 13.0. The first kappa shape index (κ1) is 17.1. The summed E-state index contributed by atoms with van der Waals surface area (Å²) < 4.78 is 39.1. The van der Waals surface area contributed by atoms with Crippen molar-refractivity contribution in [3.05, 3.63) is 0 Å². The molecule has 1 aliphatic carbocycles. The molecule has 0 spiro atoms. The molecule has 4 nitrogen and oxygen atoms in total. The fourth-order valence-corrected chi connectivity index (χ4v) is 2.53. The largest absolute Gasteiger partial charge is 0.408 e. The lowest BCUT2D eigenvalue weighted by atomic mass is 9.97. The summed E-state index contributed by atoms with van der Waals surface area (Å²) in [7, 11) is 0. The number of aliphatic hydroxyl groups excluding tert-OH is 1. The number of aliphatic hydroxyl groups is 1. The van der Waals surface area contributed by atoms with Crippen molar-refractivity contribution < 1.29 is 23.1 Å². The van der Waals surface area contributed by atoms with Crippen molar-refractivity contribution in [2.24, 2.45) is 11.8 Å². The van der Waals surface area contributed by atoms with Crippen LogP contribution in [0.4, 0.5) is 18.0 Å². The topological polar surface area (TPSA) is 61.4 Å². The molecule has 1 fully saturated rings. The molecule has 1 rings (SSSR count). The molecule has 0 aromatic carbocycles. The van der Waals surface area contributed by atoms with Crippen molar-refractivity contribution in [1.29, 1.82) is 0 Å². The zero-order chi connectivity index (χ0) is 15.3. The normalized spacial score (nSPS) is 19.9. The fraction of sp³-hybridized carbons (Fsp3) is 0.923. The van der Waals surface area contributed by atoms with Gasteiger partial charge in [0.1, 0.15) is 6.04 Å². The van der Waals surface area contributed by atoms with Gasteiger partial charge in [0.15, 0.2) is 0 Å². The number of halogens is 3. The van der Waals surface area contributed by atoms with Crippen molar-refractivity contribution in [3.8, 4) is 0 Å². The molecule has 3 N–H and O–H groups in total. The van der Waals surface area contributed by atoms with Crippen molar-refractivity contribution in [2.45, 2.75) is 57.8 Å². The Balaban J connectivity index is 2.62. The SMILES string of the molecule is CC(C)[C@@H](CO)NC(=O)NC(C1CCCC1)C(F)(F)F. The number of carbonyl (C=O) groups excluding carboxylic acids is 1. The summed E-state index contributed by atoms with van der Waals surface area (Å²) >= 11 is 0. The van der Waals surface area contributed by atoms with E-state index in [1.165, 1.54) is 0 Å². The van der Waals surface area contributed by atoms with Gasteiger partial charge in [-0.15, -0.1) is 0 Å². The van der Waals surface area contributed by atoms with E-state index in [0.717, 1.165) is 12.8 Å². The third-order valence-electron chi connectivity index (χ3n) is 3.83. The molecule has 0 aromatic heterocycles. The van der Waals surface area contributed by atoms with Crippen LogP contribution in [-0.4, -0.2) is 36.0 Å². The van der Waals surface area contributed by atoms with Gasteiger partial charge in [-0.3, -0.25) is 0 Å². The van der Waals surface area contributed by atoms with Gasteiger partial charge in [-0.05, 0) is 24.7 Å². The van der Waals surface area contributed by atoms with E-state index in [-0.39, 0.29) is 12.5 Å². The molecule has 0 saturated heterocycles. The summed E-state index contributed by atoms with van der Waals surface area (Å²) in [6, 6.07) is -3.23. The Bertz CT molecular complexity index is 315. The van der Waals surface area contributed by atoms with Crippen molar-refractivity contribution in [1.82, 2.24) is 10.6 Å². The molecule has 1 aliphatic rings. The van der Waals surface area contributed by atoms with Crippen molar-refractivity contribution >= 4 is 6.03 Å². The number of amides is 2. The van der Waals surface area contributed by atoms with Gasteiger partial charge in [0, 0.05) is 0 Å². The number of urea groups is 1. The van der Waals surface area contributed by atoms with E-state index in [1.807, 2.05) is 5.32 Å². The Hall–Kier alpha value is -0.980. The van der Waals surface area contributed by atoms with Crippen LogP contribution in [0, 0.1) is 11.8 Å². The number of nitrogens with one attached hydrogen (secondary N) is 2. The van der Waals surface area contributed by atoms with Crippen molar-refractivity contribution in [2.75, 3.05) is 6.61 Å². The molecule has 0 bridgehead atoms. The fourth-order valence-electron chi connectivity index (χ4n) is 2.53. The Morgan fingerprint density at radius 1 is 1.25 bits per heavy atom. The molecule has 0 heterocycles. The third-order valence-corrected chi connectivity index (χ3v) is 3.83. The smallest absolute Gasteiger partial charge is 0.394 e. The van der Waals surface area contributed by atoms with Crippen LogP contribution < -0.4 is 10.6 Å². The zero-order valence-electron chi connectivity index (χ0n) is 11.8. The van der Waals surface area contributed by atoms with E-state index in [0.29, 0.717) is 12.8 Å². The quantitative estimate of drug-likeness (QED) is 0.729. The lowest BCUT2D eigenvalue weighted by Crippen LogP contribution is -2.55. The van der Waals surface area contributed by atoms with E-state index >= 15 is 0 Å². The first-order chi connectivity index (χ1) is 9.25. The highest BCUT2D eigenvalue weighted by Crippen LogP contribution is 2.35. The van der Waals surface area contributed by atoms with Crippen LogP contribution in [-0.2, 0) is 0 Å². The summed E-state index contributed by atoms with van der Waals surface area (Å²) in [6.07, 6.45) is -1.94. The molecule has 1 unspecified atom stereocenters. The average molecular weight is 296 g/mol. The molecule has 118 valence electrons. The van der Waals surface area contributed by atoms with Gasteiger partial charge in [-0.2, -0.15) is 13.2 Å². The van der Waals surface area contributed by atoms with Gasteiger partial charge in [0.05, 0.1) is 12.6 Å². The first-order valence-corrected chi connectivity index (χ1v) is 7.00. The predicted octanol–water partition coefficient (Wildman–Crippen LogP) is 2.42. The van der Waals surface area contributed by atoms with Crippen LogP contribution in [0.2, 0.25) is 0 Å². The highest BCUT2D eigenvalue weighted by molar-refractivity contribution is 5.74. The second kappa shape index (κ2) is 7.15. The van der Waals surface area contributed by atoms with Gasteiger partial charge in [-0.25, -0.2) is 4.79 Å². The van der Waals surface area contributed by atoms with E-state index in [1.54, 1.807) is 13.8 Å². The monoisotopic (exact) mass is 296 g/mol. The first-order valence-electron chi connectivity index (χ1n) is 7.00. The van der Waals surface area contributed by atoms with Crippen LogP contribution in [0.1, 0.15) is 39.5 Å². The molecule has 1 saturated carbocycles. The minimum absolute atomic E-state index is 0.0541. The van der Waals surface area contributed by atoms with E-state index in [9.17, 15) is 18.0 Å². The molecular weight excluding hydrogens is 273 g/mol. The highest BCUT2D eigenvalue weighted by Gasteiger charge is 2.46. The Morgan fingerprint density at radius 3 is 2.20 bits per heavy atom. The summed E-state index contributed by atoms with van der Waals surface area (Å²) in [5.74, 6) is -0.603. The summed E-state index contributed by atoms with van der Waals surface area (Å²) in [4.78, 5) is 11.7. The molecule has 20 heavy (non-hydrogen) atoms. The number of rotatable bonds is 5. The van der Waals surface area contributed by atoms with E-state index in [4.69, 9.17) is 5.11 Å². The number of carbonyl (C=O) groups is 1. The third kappa shape index (κ3) is 4.85. The van der Waals surface area contributed by atoms with Gasteiger partial charge in [0.25, 0.3) is 0 Å². The second-order valence-corrected chi connectivity index (χ2v) is 5.71. The van der Waals surface area contributed by atoms with E-state index in [2.05, 4.69) is 5.32 Å². The molecule has 2 amide bonds. The summed E-state index contributed by atoms with van der Waals surface area (Å²) in [6.45, 7) is 3.25. The van der Waals surface area contributed by atoms with Crippen LogP contribution in [0.5, 0.6) is 0 Å². The molecule has 0 aliphatic heterocycles. The Labute approximate surface area is 117 Å². The van der Waals surface area contributed by atoms with Gasteiger partial charge in [0.2, 0.25) is 0 Å². The minimum atomic E-state index is -4.45. The van der Waals surface area contributed by atoms with Gasteiger partial charge >= 0.3 is 12.2 Å². The maximum absolute atomic E-state index is 13.0. The molecule has 7 heteroatoms. The second-order valence-electron chi connectivity index (χ2n) is 5.71. The van der Waals surface area contributed by atoms with Crippen molar-refractivity contribution in [3.63, 3.8) is 0 Å². The summed E-state index contributed by atoms with van der Waals surface area (Å²) in [5, 5.41) is 13.5. The Kier molecular flexibility index (Phi) is 6.10. The average Bonchev–Trinajstić information content (AvgIpc) is 2.84. The summed E-state index contributed by atoms with van der Waals surface area (Å²) in [5.41, 5.74) is 0. The zero-order valence-corrected chi connectivity index (χ0v) is 11.8. The minimum Gasteiger partial charge on any atom is -0.394 e. The van der Waals surface area contributed by atoms with Gasteiger partial charge in [-0.1, -0.05) is 26.7 Å². The lowest BCUT2D eigenvalue weighted by Gasteiger charge is -2.28. The van der Waals surface area contributed by atoms with Crippen LogP contribution in [0.25, 0.3) is 0 Å². The standard InChI is InChI=1S/C13H23F3N2O2/c1-8(2)10(7-19)17-12(20)18-11(13(14,15)16)9-5-3-4-6-9/h8-11,19H,3-7H2,1-2H3,(H2,17,18,20)/t10-,11?/m1/s1. The lowest BCUT2D eigenvalue weighted by molar-refractivity contribution is -0.164. The van der Waals surface area contributed by atoms with Crippen LogP contribution >= 0.6 is 0 Å². The van der Waals surface area contributed by atoms with Crippen LogP contribution in [0.15, 0.2) is 0 Å². The molecule has 0 radical (unpaired) electrons. The number of hydrogen-bond donors (Lipinski definition) is 3. The Morgan fingerprint density at radius 2 is 1.80 bits per heavy atom. The molecular formula is C13H23F3N2O2. The molecule has 0 aromatic rings. The predicted molar refractivity (Wildman–Crippen MR) is 69.2 cm³/mol. The number of alkyl halides is 3. The maximum Gasteiger partial charge on any atom is 0.408 e. The highest BCUT2D eigenvalue weighted by atomic mass is 19.4. The van der Waals surface area contributed by atoms with Crippen LogP contribution in [0.3, 0.4) is 0 Å². The molecule has 2 atom stereocenters.